The number of hydrogen-bond acceptors (Lipinski definition) is 2. The van der Waals surface area contributed by atoms with E-state index in [2.05, 4.69) is 11.1 Å². The second-order valence-electron chi connectivity index (χ2n) is 2.75. The van der Waals surface area contributed by atoms with Gasteiger partial charge in [-0.15, -0.1) is 0 Å². The lowest BCUT2D eigenvalue weighted by molar-refractivity contribution is 1.36. The van der Waals surface area contributed by atoms with Crippen molar-refractivity contribution in [1.82, 2.24) is 4.98 Å². The van der Waals surface area contributed by atoms with Gasteiger partial charge in [0.1, 0.15) is 10.3 Å². The van der Waals surface area contributed by atoms with Crippen molar-refractivity contribution in [1.29, 1.82) is 5.26 Å². The minimum absolute atomic E-state index is 0.296. The normalized spacial score (nSPS) is 10.1. The smallest absolute Gasteiger partial charge is 0.138 e. The molecule has 1 aromatic heterocycles. The van der Waals surface area contributed by atoms with Crippen LogP contribution in [0.1, 0.15) is 5.56 Å². The van der Waals surface area contributed by atoms with Crippen LogP contribution in [0.25, 0.3) is 10.8 Å². The zero-order chi connectivity index (χ0) is 10.1. The van der Waals surface area contributed by atoms with Gasteiger partial charge in [0, 0.05) is 10.8 Å². The Morgan fingerprint density at radius 2 is 2.00 bits per heavy atom. The molecule has 0 saturated carbocycles. The number of nitrogens with zero attached hydrogens (tertiary/aromatic N) is 2. The van der Waals surface area contributed by atoms with Crippen LogP contribution in [0.15, 0.2) is 24.3 Å². The second kappa shape index (κ2) is 3.45. The Balaban J connectivity index is 2.95. The molecule has 2 nitrogen and oxygen atoms in total. The third-order valence-corrected chi connectivity index (χ3v) is 2.40. The summed E-state index contributed by atoms with van der Waals surface area (Å²) in [6, 6.07) is 9.01. The zero-order valence-corrected chi connectivity index (χ0v) is 8.47. The van der Waals surface area contributed by atoms with Crippen molar-refractivity contribution in [2.75, 3.05) is 0 Å². The van der Waals surface area contributed by atoms with Crippen molar-refractivity contribution >= 4 is 34.0 Å². The molecule has 0 aliphatic heterocycles. The van der Waals surface area contributed by atoms with E-state index in [0.29, 0.717) is 15.9 Å². The Kier molecular flexibility index (Phi) is 2.28. The summed E-state index contributed by atoms with van der Waals surface area (Å²) in [6.07, 6.45) is 0. The highest BCUT2D eigenvalue weighted by molar-refractivity contribution is 6.36. The lowest BCUT2D eigenvalue weighted by atomic mass is 10.1. The van der Waals surface area contributed by atoms with E-state index in [0.717, 1.165) is 10.8 Å². The van der Waals surface area contributed by atoms with Crippen LogP contribution < -0.4 is 0 Å². The predicted octanol–water partition coefficient (Wildman–Crippen LogP) is 3.41. The first-order valence-corrected chi connectivity index (χ1v) is 4.63. The zero-order valence-electron chi connectivity index (χ0n) is 6.96. The maximum atomic E-state index is 8.86. The van der Waals surface area contributed by atoms with Crippen LogP contribution in [0.2, 0.25) is 10.3 Å². The molecule has 0 atom stereocenters. The molecule has 2 aromatic rings. The highest BCUT2D eigenvalue weighted by atomic mass is 35.5. The fraction of sp³-hybridized carbons (Fsp3) is 0. The van der Waals surface area contributed by atoms with E-state index in [1.807, 2.05) is 6.07 Å². The van der Waals surface area contributed by atoms with Gasteiger partial charge in [0.05, 0.1) is 11.6 Å². The first-order valence-electron chi connectivity index (χ1n) is 3.87. The van der Waals surface area contributed by atoms with Gasteiger partial charge in [-0.25, -0.2) is 4.98 Å². The van der Waals surface area contributed by atoms with Gasteiger partial charge in [0.25, 0.3) is 0 Å². The molecule has 0 spiro atoms. The van der Waals surface area contributed by atoms with Crippen LogP contribution in [0.4, 0.5) is 0 Å². The number of hydrogen-bond donors (Lipinski definition) is 0. The maximum absolute atomic E-state index is 8.86. The van der Waals surface area contributed by atoms with Crippen LogP contribution in [-0.4, -0.2) is 4.98 Å². The van der Waals surface area contributed by atoms with Crippen molar-refractivity contribution < 1.29 is 0 Å². The van der Waals surface area contributed by atoms with E-state index in [-0.39, 0.29) is 0 Å². The maximum Gasteiger partial charge on any atom is 0.138 e. The summed E-state index contributed by atoms with van der Waals surface area (Å²) in [4.78, 5) is 3.90. The average molecular weight is 223 g/mol. The SMILES string of the molecule is N#Cc1cccc2c(Cl)nc(Cl)cc12. The molecule has 0 aliphatic carbocycles. The van der Waals surface area contributed by atoms with Crippen molar-refractivity contribution in [3.05, 3.63) is 40.1 Å². The highest BCUT2D eigenvalue weighted by Crippen LogP contribution is 2.26. The summed E-state index contributed by atoms with van der Waals surface area (Å²) >= 11 is 11.6. The van der Waals surface area contributed by atoms with E-state index in [1.54, 1.807) is 18.2 Å². The number of benzene rings is 1. The van der Waals surface area contributed by atoms with Crippen molar-refractivity contribution in [2.45, 2.75) is 0 Å². The molecule has 0 N–H and O–H groups in total. The Morgan fingerprint density at radius 3 is 2.71 bits per heavy atom. The molecule has 0 amide bonds. The number of fused-ring (bicyclic) bond motifs is 1. The summed E-state index contributed by atoms with van der Waals surface area (Å²) in [5.74, 6) is 0. The van der Waals surface area contributed by atoms with Gasteiger partial charge in [0.2, 0.25) is 0 Å². The molecule has 68 valence electrons. The number of pyridine rings is 1. The molecule has 1 heterocycles. The lowest BCUT2D eigenvalue weighted by Gasteiger charge is -2.01. The molecule has 0 aliphatic rings. The average Bonchev–Trinajstić information content (AvgIpc) is 2.17. The quantitative estimate of drug-likeness (QED) is 0.641. The molecule has 0 bridgehead atoms. The Hall–Kier alpha value is -1.30. The minimum Gasteiger partial charge on any atom is -0.224 e. The Labute approximate surface area is 90.7 Å². The Morgan fingerprint density at radius 1 is 1.21 bits per heavy atom. The summed E-state index contributed by atoms with van der Waals surface area (Å²) in [6.45, 7) is 0. The third kappa shape index (κ3) is 1.41. The van der Waals surface area contributed by atoms with Crippen LogP contribution >= 0.6 is 23.2 Å². The summed E-state index contributed by atoms with van der Waals surface area (Å²) < 4.78 is 0. The topological polar surface area (TPSA) is 36.7 Å². The van der Waals surface area contributed by atoms with Crippen molar-refractivity contribution in [3.63, 3.8) is 0 Å². The van der Waals surface area contributed by atoms with Gasteiger partial charge in [-0.1, -0.05) is 35.3 Å². The molecule has 2 rings (SSSR count). The standard InChI is InChI=1S/C10H4Cl2N2/c11-9-4-8-6(5-13)2-1-3-7(8)10(12)14-9/h1-4H. The first kappa shape index (κ1) is 9.26. The monoisotopic (exact) mass is 222 g/mol. The van der Waals surface area contributed by atoms with E-state index in [9.17, 15) is 0 Å². The lowest BCUT2D eigenvalue weighted by Crippen LogP contribution is -1.84. The number of nitriles is 1. The third-order valence-electron chi connectivity index (χ3n) is 1.92. The first-order chi connectivity index (χ1) is 6.72. The fourth-order valence-corrected chi connectivity index (χ4v) is 1.80. The Bertz CT molecular complexity index is 544. The van der Waals surface area contributed by atoms with E-state index < -0.39 is 0 Å². The molecule has 14 heavy (non-hydrogen) atoms. The van der Waals surface area contributed by atoms with Crippen molar-refractivity contribution in [3.8, 4) is 6.07 Å². The van der Waals surface area contributed by atoms with Gasteiger partial charge in [0.15, 0.2) is 0 Å². The van der Waals surface area contributed by atoms with E-state index in [4.69, 9.17) is 28.5 Å². The summed E-state index contributed by atoms with van der Waals surface area (Å²) in [7, 11) is 0. The van der Waals surface area contributed by atoms with Crippen LogP contribution in [0.3, 0.4) is 0 Å². The van der Waals surface area contributed by atoms with E-state index in [1.165, 1.54) is 0 Å². The predicted molar refractivity (Wildman–Crippen MR) is 56.5 cm³/mol. The highest BCUT2D eigenvalue weighted by Gasteiger charge is 2.05. The van der Waals surface area contributed by atoms with Gasteiger partial charge in [-0.3, -0.25) is 0 Å². The largest absolute Gasteiger partial charge is 0.224 e. The molecular formula is C10H4Cl2N2. The number of aromatic nitrogens is 1. The molecule has 4 heteroatoms. The second-order valence-corrected chi connectivity index (χ2v) is 3.49. The van der Waals surface area contributed by atoms with Crippen LogP contribution in [-0.2, 0) is 0 Å². The number of rotatable bonds is 0. The van der Waals surface area contributed by atoms with Gasteiger partial charge < -0.3 is 0 Å². The molecule has 0 fully saturated rings. The summed E-state index contributed by atoms with van der Waals surface area (Å²) in [5, 5.41) is 11.0. The van der Waals surface area contributed by atoms with Crippen molar-refractivity contribution in [2.24, 2.45) is 0 Å². The minimum atomic E-state index is 0.296. The molecule has 1 aromatic carbocycles. The van der Waals surface area contributed by atoms with E-state index >= 15 is 0 Å². The van der Waals surface area contributed by atoms with Gasteiger partial charge in [-0.05, 0) is 12.1 Å². The molecule has 0 unspecified atom stereocenters. The fourth-order valence-electron chi connectivity index (χ4n) is 1.30. The van der Waals surface area contributed by atoms with Crippen LogP contribution in [0.5, 0.6) is 0 Å². The summed E-state index contributed by atoms with van der Waals surface area (Å²) in [5.41, 5.74) is 0.550. The number of halogens is 2. The molecule has 0 radical (unpaired) electrons. The van der Waals surface area contributed by atoms with Gasteiger partial charge in [-0.2, -0.15) is 5.26 Å². The molecular weight excluding hydrogens is 219 g/mol. The van der Waals surface area contributed by atoms with Crippen LogP contribution in [0, 0.1) is 11.3 Å². The molecule has 0 saturated heterocycles. The van der Waals surface area contributed by atoms with Gasteiger partial charge >= 0.3 is 0 Å².